The molecule has 98 valence electrons. The van der Waals surface area contributed by atoms with Crippen molar-refractivity contribution >= 4 is 10.8 Å². The molecule has 0 spiro atoms. The maximum Gasteiger partial charge on any atom is 0.0577 e. The zero-order chi connectivity index (χ0) is 12.4. The summed E-state index contributed by atoms with van der Waals surface area (Å²) in [5.74, 6) is 1.98. The fraction of sp³-hybridized carbons (Fsp3) is 1.00. The maximum atomic E-state index is 11.8. The van der Waals surface area contributed by atoms with Crippen LogP contribution in [-0.2, 0) is 15.5 Å². The third kappa shape index (κ3) is 7.36. The van der Waals surface area contributed by atoms with Crippen LogP contribution < -0.4 is 5.32 Å². The van der Waals surface area contributed by atoms with Gasteiger partial charge in [0.05, 0.1) is 6.61 Å². The minimum atomic E-state index is -0.763. The largest absolute Gasteiger partial charge is 0.384 e. The van der Waals surface area contributed by atoms with Gasteiger partial charge in [0.15, 0.2) is 0 Å². The van der Waals surface area contributed by atoms with E-state index in [1.54, 1.807) is 7.11 Å². The Kier molecular flexibility index (Phi) is 10.3. The van der Waals surface area contributed by atoms with Crippen molar-refractivity contribution in [2.75, 3.05) is 31.8 Å². The Bertz CT molecular complexity index is 188. The molecule has 1 N–H and O–H groups in total. The summed E-state index contributed by atoms with van der Waals surface area (Å²) >= 11 is 0. The maximum absolute atomic E-state index is 11.8. The van der Waals surface area contributed by atoms with Crippen LogP contribution in [0.2, 0.25) is 0 Å². The summed E-state index contributed by atoms with van der Waals surface area (Å²) in [6.45, 7) is 8.16. The molecule has 3 atom stereocenters. The van der Waals surface area contributed by atoms with Crippen LogP contribution in [0.1, 0.15) is 33.6 Å². The fourth-order valence-electron chi connectivity index (χ4n) is 1.50. The Morgan fingerprint density at radius 3 is 2.56 bits per heavy atom. The van der Waals surface area contributed by atoms with Crippen LogP contribution in [0.5, 0.6) is 0 Å². The molecule has 0 aliphatic carbocycles. The molecule has 4 heteroatoms. The molecule has 0 aromatic rings. The van der Waals surface area contributed by atoms with Crippen LogP contribution in [0.25, 0.3) is 0 Å². The molecule has 0 bridgehead atoms. The molecule has 3 unspecified atom stereocenters. The van der Waals surface area contributed by atoms with Crippen LogP contribution in [0.15, 0.2) is 0 Å². The molecular weight excluding hydrogens is 222 g/mol. The standard InChI is InChI=1S/C12H27NO2S/c1-5-7-13-12(11(3)6-2)10-16(14)9-8-15-4/h11-13H,5-10H2,1-4H3. The van der Waals surface area contributed by atoms with Gasteiger partial charge in [-0.2, -0.15) is 0 Å². The monoisotopic (exact) mass is 249 g/mol. The van der Waals surface area contributed by atoms with E-state index < -0.39 is 10.8 Å². The van der Waals surface area contributed by atoms with Crippen LogP contribution in [0.3, 0.4) is 0 Å². The van der Waals surface area contributed by atoms with E-state index in [-0.39, 0.29) is 0 Å². The van der Waals surface area contributed by atoms with Gasteiger partial charge in [-0.3, -0.25) is 4.21 Å². The van der Waals surface area contributed by atoms with Gasteiger partial charge in [-0.15, -0.1) is 0 Å². The Labute approximate surface area is 103 Å². The molecule has 0 saturated heterocycles. The van der Waals surface area contributed by atoms with Crippen LogP contribution in [-0.4, -0.2) is 42.0 Å². The number of nitrogens with one attached hydrogen (secondary N) is 1. The second-order valence-corrected chi connectivity index (χ2v) is 5.87. The lowest BCUT2D eigenvalue weighted by Crippen LogP contribution is -2.40. The lowest BCUT2D eigenvalue weighted by molar-refractivity contribution is 0.218. The summed E-state index contributed by atoms with van der Waals surface area (Å²) in [6.07, 6.45) is 2.25. The van der Waals surface area contributed by atoms with Crippen LogP contribution >= 0.6 is 0 Å². The molecule has 0 rings (SSSR count). The van der Waals surface area contributed by atoms with E-state index in [1.807, 2.05) is 0 Å². The first-order chi connectivity index (χ1) is 7.65. The zero-order valence-electron chi connectivity index (χ0n) is 11.1. The van der Waals surface area contributed by atoms with Crippen molar-refractivity contribution in [2.45, 2.75) is 39.7 Å². The van der Waals surface area contributed by atoms with E-state index in [9.17, 15) is 4.21 Å². The van der Waals surface area contributed by atoms with Gasteiger partial charge in [0.25, 0.3) is 0 Å². The van der Waals surface area contributed by atoms with Crippen molar-refractivity contribution in [1.29, 1.82) is 0 Å². The van der Waals surface area contributed by atoms with Crippen molar-refractivity contribution in [3.8, 4) is 0 Å². The highest BCUT2D eigenvalue weighted by Crippen LogP contribution is 2.09. The second-order valence-electron chi connectivity index (χ2n) is 4.25. The fourth-order valence-corrected chi connectivity index (χ4v) is 2.86. The third-order valence-corrected chi connectivity index (χ3v) is 4.22. The first-order valence-corrected chi connectivity index (χ1v) is 7.71. The summed E-state index contributed by atoms with van der Waals surface area (Å²) in [5.41, 5.74) is 0. The van der Waals surface area contributed by atoms with Gasteiger partial charge < -0.3 is 10.1 Å². The normalized spacial score (nSPS) is 17.0. The molecule has 0 heterocycles. The van der Waals surface area contributed by atoms with Gasteiger partial charge in [-0.25, -0.2) is 0 Å². The summed E-state index contributed by atoms with van der Waals surface area (Å²) < 4.78 is 16.7. The summed E-state index contributed by atoms with van der Waals surface area (Å²) in [5, 5.41) is 3.49. The van der Waals surface area contributed by atoms with Gasteiger partial charge in [0.2, 0.25) is 0 Å². The van der Waals surface area contributed by atoms with Crippen LogP contribution in [0.4, 0.5) is 0 Å². The number of hydrogen-bond donors (Lipinski definition) is 1. The van der Waals surface area contributed by atoms with Gasteiger partial charge in [0.1, 0.15) is 0 Å². The molecular formula is C12H27NO2S. The molecule has 0 aliphatic heterocycles. The van der Waals surface area contributed by atoms with Gasteiger partial charge in [-0.05, 0) is 18.9 Å². The molecule has 0 amide bonds. The lowest BCUT2D eigenvalue weighted by atomic mass is 10.0. The molecule has 0 aromatic carbocycles. The summed E-state index contributed by atoms with van der Waals surface area (Å²) in [4.78, 5) is 0. The molecule has 0 radical (unpaired) electrons. The minimum Gasteiger partial charge on any atom is -0.384 e. The number of methoxy groups -OCH3 is 1. The molecule has 0 saturated carbocycles. The second kappa shape index (κ2) is 10.2. The number of rotatable bonds is 10. The van der Waals surface area contributed by atoms with Crippen LogP contribution in [0, 0.1) is 5.92 Å². The Hall–Kier alpha value is 0.0700. The SMILES string of the molecule is CCCNC(CS(=O)CCOC)C(C)CC. The summed E-state index contributed by atoms with van der Waals surface area (Å²) in [7, 11) is 0.888. The predicted molar refractivity (Wildman–Crippen MR) is 71.3 cm³/mol. The topological polar surface area (TPSA) is 38.3 Å². The highest BCUT2D eigenvalue weighted by atomic mass is 32.2. The van der Waals surface area contributed by atoms with E-state index in [0.29, 0.717) is 24.3 Å². The van der Waals surface area contributed by atoms with Gasteiger partial charge in [0, 0.05) is 35.5 Å². The van der Waals surface area contributed by atoms with Crippen molar-refractivity contribution in [1.82, 2.24) is 5.32 Å². The van der Waals surface area contributed by atoms with Gasteiger partial charge in [-0.1, -0.05) is 27.2 Å². The van der Waals surface area contributed by atoms with E-state index in [2.05, 4.69) is 26.1 Å². The first-order valence-electron chi connectivity index (χ1n) is 6.22. The Morgan fingerprint density at radius 2 is 2.06 bits per heavy atom. The quantitative estimate of drug-likeness (QED) is 0.641. The van der Waals surface area contributed by atoms with Crippen molar-refractivity contribution in [3.05, 3.63) is 0 Å². The van der Waals surface area contributed by atoms with E-state index in [0.717, 1.165) is 25.1 Å². The minimum absolute atomic E-state index is 0.377. The average Bonchev–Trinajstić information content (AvgIpc) is 2.30. The van der Waals surface area contributed by atoms with Crippen molar-refractivity contribution in [3.63, 3.8) is 0 Å². The molecule has 0 aliphatic rings. The third-order valence-electron chi connectivity index (χ3n) is 2.87. The highest BCUT2D eigenvalue weighted by Gasteiger charge is 2.17. The zero-order valence-corrected chi connectivity index (χ0v) is 11.9. The number of hydrogen-bond acceptors (Lipinski definition) is 3. The molecule has 3 nitrogen and oxygen atoms in total. The lowest BCUT2D eigenvalue weighted by Gasteiger charge is -2.23. The van der Waals surface area contributed by atoms with Crippen molar-refractivity contribution < 1.29 is 8.95 Å². The predicted octanol–water partition coefficient (Wildman–Crippen LogP) is 1.80. The number of ether oxygens (including phenoxy) is 1. The summed E-state index contributed by atoms with van der Waals surface area (Å²) in [6, 6.07) is 0.377. The van der Waals surface area contributed by atoms with E-state index in [1.165, 1.54) is 0 Å². The average molecular weight is 249 g/mol. The first kappa shape index (κ1) is 16.1. The highest BCUT2D eigenvalue weighted by molar-refractivity contribution is 7.85. The van der Waals surface area contributed by atoms with Gasteiger partial charge >= 0.3 is 0 Å². The molecule has 0 aromatic heterocycles. The van der Waals surface area contributed by atoms with E-state index >= 15 is 0 Å². The molecule has 16 heavy (non-hydrogen) atoms. The Balaban J connectivity index is 4.03. The smallest absolute Gasteiger partial charge is 0.0577 e. The van der Waals surface area contributed by atoms with Crippen molar-refractivity contribution in [2.24, 2.45) is 5.92 Å². The Morgan fingerprint density at radius 1 is 1.38 bits per heavy atom. The molecule has 0 fully saturated rings. The van der Waals surface area contributed by atoms with E-state index in [4.69, 9.17) is 4.74 Å².